The average molecular weight is 1810 g/mol. The molecule has 14 rings (SSSR count). The topological polar surface area (TPSA) is 323 Å². The Balaban J connectivity index is 0.000000216. The van der Waals surface area contributed by atoms with E-state index in [2.05, 4.69) is 19.2 Å². The van der Waals surface area contributed by atoms with Crippen LogP contribution in [0.5, 0.6) is 11.8 Å². The van der Waals surface area contributed by atoms with E-state index >= 15 is 9.59 Å². The molecule has 126 heavy (non-hydrogen) atoms. The second kappa shape index (κ2) is 37.5. The maximum Gasteiger partial charge on any atom is 0.307 e. The van der Waals surface area contributed by atoms with Crippen molar-refractivity contribution >= 4 is 100 Å². The van der Waals surface area contributed by atoms with Gasteiger partial charge in [-0.05, 0) is 152 Å². The predicted molar refractivity (Wildman–Crippen MR) is 459 cm³/mol. The first kappa shape index (κ1) is 95.1. The molecule has 2 aromatic carbocycles. The molecule has 692 valence electrons. The summed E-state index contributed by atoms with van der Waals surface area (Å²) >= 11 is 0. The number of pyridine rings is 2. The molecule has 26 nitrogen and oxygen atoms in total. The standard InChI is InChI=1S/2C46H61F3N4O9S/c2*1-6-30-21-29(2)11-7-8-12-31-24-46(31,42(57)51-63(58,59)45(28-47)15-16-45)25-38(54)36-22-32(27-53(36)41(56)35(30)23-39(55)62-43(3,4)44(5,48)49)61-40-34-14-10-9-13-33(34)37(26-50-40)52-17-19-60-20-18-52/h2*8-10,12-14,26,29-32,35-36H,6-7,11,15-25,27-28H2,1-5H3,(H,51,57)/b2*12-8-/t29-,30+,31+,32+,35-,36-,46+;29-,30-,31-,32-,35+,36+,46-/m01/s1. The van der Waals surface area contributed by atoms with E-state index in [-0.39, 0.29) is 88.1 Å². The summed E-state index contributed by atoms with van der Waals surface area (Å²) in [6.45, 7) is 16.2. The van der Waals surface area contributed by atoms with Gasteiger partial charge in [-0.15, -0.1) is 0 Å². The molecule has 0 unspecified atom stereocenters. The molecule has 4 aliphatic carbocycles. The van der Waals surface area contributed by atoms with Crippen molar-refractivity contribution in [3.8, 4) is 11.8 Å². The Morgan fingerprint density at radius 2 is 0.881 bits per heavy atom. The molecule has 4 saturated heterocycles. The summed E-state index contributed by atoms with van der Waals surface area (Å²) in [6, 6.07) is 12.9. The zero-order valence-electron chi connectivity index (χ0n) is 73.8. The van der Waals surface area contributed by atoms with Crippen LogP contribution in [0.4, 0.5) is 37.7 Å². The maximum atomic E-state index is 15.2. The second-order valence-corrected chi connectivity index (χ2v) is 42.4. The number of ether oxygens (including phenoxy) is 6. The fourth-order valence-electron chi connectivity index (χ4n) is 19.1. The number of Topliss-reactive ketones (excluding diaryl/α,β-unsaturated/α-hetero) is 2. The number of carbonyl (C=O) groups excluding carboxylic acids is 8. The zero-order valence-corrected chi connectivity index (χ0v) is 75.4. The molecule has 14 atom stereocenters. The number of nitrogens with zero attached hydrogens (tertiary/aromatic N) is 6. The number of carbonyl (C=O) groups is 8. The number of hydrogen-bond acceptors (Lipinski definition) is 22. The highest BCUT2D eigenvalue weighted by Gasteiger charge is 2.66. The van der Waals surface area contributed by atoms with E-state index in [1.54, 1.807) is 12.4 Å². The first-order chi connectivity index (χ1) is 59.5. The summed E-state index contributed by atoms with van der Waals surface area (Å²) < 4.78 is 175. The number of anilines is 2. The van der Waals surface area contributed by atoms with Crippen molar-refractivity contribution in [2.45, 2.75) is 254 Å². The second-order valence-electron chi connectivity index (χ2n) is 38.3. The number of esters is 2. The van der Waals surface area contributed by atoms with Gasteiger partial charge >= 0.3 is 11.9 Å². The van der Waals surface area contributed by atoms with E-state index in [0.29, 0.717) is 129 Å². The van der Waals surface area contributed by atoms with Crippen LogP contribution >= 0.6 is 0 Å². The number of allylic oxidation sites excluding steroid dienone is 4. The molecule has 0 bridgehead atoms. The highest BCUT2D eigenvalue weighted by Crippen LogP contribution is 2.60. The van der Waals surface area contributed by atoms with Crippen molar-refractivity contribution in [3.63, 3.8) is 0 Å². The van der Waals surface area contributed by atoms with Crippen molar-refractivity contribution in [1.82, 2.24) is 29.2 Å². The molecule has 10 aliphatic rings. The zero-order chi connectivity index (χ0) is 91.1. The van der Waals surface area contributed by atoms with Crippen LogP contribution in [0.25, 0.3) is 21.5 Å². The van der Waals surface area contributed by atoms with Gasteiger partial charge in [0, 0.05) is 87.3 Å². The quantitative estimate of drug-likeness (QED) is 0.0374. The first-order valence-electron chi connectivity index (χ1n) is 44.7. The Morgan fingerprint density at radius 3 is 1.21 bits per heavy atom. The SMILES string of the molecule is CC[C@@H]1C[C@@H](C)CC/C=C\[C@@H]2C[C@@]2(C(=O)NS(=O)(=O)C2(CF)CC2)CC(=O)[C@@H]2C[C@@H](Oc3ncc(N4CCOCC4)c4ccccc34)CN2C(=O)[C@H]1CC(=O)OC(C)(C)C(C)(F)F.CC[C@@H]1C[C@H](C)CC/C=C\[C@@H]2C[C@@]2(C(=O)NS(=O)(=O)C2(CF)CC2)CC(=O)[C@@H]2C[C@@H](Oc3ncc(N4CCOCC4)c4ccccc34)CN2C(=O)[C@H]1CC(=O)OC(C)(C)C(C)(F)F. The maximum absolute atomic E-state index is 15.2. The lowest BCUT2D eigenvalue weighted by Crippen LogP contribution is -2.49. The molecule has 34 heteroatoms. The minimum atomic E-state index is -4.40. The third kappa shape index (κ3) is 20.2. The van der Waals surface area contributed by atoms with Crippen LogP contribution in [0.2, 0.25) is 0 Å². The van der Waals surface area contributed by atoms with Gasteiger partial charge in [-0.1, -0.05) is 101 Å². The molecule has 0 radical (unpaired) electrons. The van der Waals surface area contributed by atoms with E-state index in [1.807, 2.05) is 101 Å². The largest absolute Gasteiger partial charge is 0.472 e. The van der Waals surface area contributed by atoms with Crippen molar-refractivity contribution in [3.05, 3.63) is 85.2 Å². The summed E-state index contributed by atoms with van der Waals surface area (Å²) in [5.41, 5.74) is -5.46. The van der Waals surface area contributed by atoms with Crippen LogP contribution in [-0.4, -0.2) is 220 Å². The number of sulfonamides is 2. The van der Waals surface area contributed by atoms with Gasteiger partial charge in [0.05, 0.1) is 111 Å². The number of halogens is 6. The minimum absolute atomic E-state index is 0.00723. The fraction of sp³-hybridized carbons (Fsp3) is 0.674. The normalized spacial score (nSPS) is 29.8. The van der Waals surface area contributed by atoms with Gasteiger partial charge in [0.1, 0.15) is 35.1 Å². The lowest BCUT2D eigenvalue weighted by Gasteiger charge is -2.35. The molecule has 4 saturated carbocycles. The molecule has 8 fully saturated rings. The van der Waals surface area contributed by atoms with Crippen LogP contribution in [0.15, 0.2) is 85.2 Å². The van der Waals surface area contributed by atoms with Gasteiger partial charge in [0.25, 0.3) is 11.8 Å². The Kier molecular flexibility index (Phi) is 28.3. The molecule has 4 aromatic rings. The Labute approximate surface area is 733 Å². The number of morpholine rings is 2. The number of hydrogen-bond donors (Lipinski definition) is 2. The Bertz CT molecular complexity index is 4720. The van der Waals surface area contributed by atoms with Crippen LogP contribution in [0.1, 0.15) is 198 Å². The lowest BCUT2D eigenvalue weighted by atomic mass is 9.79. The van der Waals surface area contributed by atoms with E-state index < -0.39 is 209 Å². The van der Waals surface area contributed by atoms with Crippen LogP contribution in [0, 0.1) is 58.2 Å². The highest BCUT2D eigenvalue weighted by atomic mass is 32.2. The lowest BCUT2D eigenvalue weighted by molar-refractivity contribution is -0.197. The molecule has 2 aromatic heterocycles. The Morgan fingerprint density at radius 1 is 0.532 bits per heavy atom. The molecular weight excluding hydrogens is 1680 g/mol. The van der Waals surface area contributed by atoms with E-state index in [0.717, 1.165) is 49.8 Å². The van der Waals surface area contributed by atoms with Crippen molar-refractivity contribution < 1.29 is 110 Å². The van der Waals surface area contributed by atoms with Gasteiger partial charge in [0.15, 0.2) is 22.8 Å². The summed E-state index contributed by atoms with van der Waals surface area (Å²) in [5.74, 6) is -15.8. The molecule has 2 N–H and O–H groups in total. The molecule has 8 heterocycles. The fourth-order valence-corrected chi connectivity index (χ4v) is 22.0. The monoisotopic (exact) mass is 1800 g/mol. The van der Waals surface area contributed by atoms with Gasteiger partial charge in [-0.3, -0.25) is 47.8 Å². The first-order valence-corrected chi connectivity index (χ1v) is 47.6. The number of nitrogens with one attached hydrogen (secondary N) is 2. The molecule has 4 amide bonds. The van der Waals surface area contributed by atoms with E-state index in [1.165, 1.54) is 9.80 Å². The summed E-state index contributed by atoms with van der Waals surface area (Å²) in [4.78, 5) is 132. The third-order valence-electron chi connectivity index (χ3n) is 28.7. The van der Waals surface area contributed by atoms with Crippen LogP contribution in [-0.2, 0) is 77.4 Å². The predicted octanol–water partition coefficient (Wildman–Crippen LogP) is 13.4. The average Bonchev–Trinajstić information content (AvgIpc) is 1.56. The van der Waals surface area contributed by atoms with Gasteiger partial charge < -0.3 is 48.0 Å². The third-order valence-corrected chi connectivity index (χ3v) is 32.9. The van der Waals surface area contributed by atoms with Gasteiger partial charge in [0.2, 0.25) is 55.4 Å². The van der Waals surface area contributed by atoms with Crippen LogP contribution in [0.3, 0.4) is 0 Å². The molecule has 6 aliphatic heterocycles. The van der Waals surface area contributed by atoms with E-state index in [9.17, 15) is 71.9 Å². The minimum Gasteiger partial charge on any atom is -0.472 e. The van der Waals surface area contributed by atoms with Gasteiger partial charge in [-0.25, -0.2) is 53.1 Å². The number of rotatable bonds is 24. The number of alkyl halides is 6. The number of amides is 4. The number of benzene rings is 2. The summed E-state index contributed by atoms with van der Waals surface area (Å²) in [6.07, 6.45) is 12.7. The number of fused-ring (bicyclic) bond motifs is 6. The molecular formula is C92H122F6N8O18S2. The number of ketones is 2. The number of aromatic nitrogens is 2. The summed E-state index contributed by atoms with van der Waals surface area (Å²) in [7, 11) is -8.80. The summed E-state index contributed by atoms with van der Waals surface area (Å²) in [5, 5.41) is 3.20. The van der Waals surface area contributed by atoms with Crippen LogP contribution < -0.4 is 28.7 Å². The Hall–Kier alpha value is -8.50. The molecule has 0 spiro atoms. The van der Waals surface area contributed by atoms with Crippen molar-refractivity contribution in [2.75, 3.05) is 88.8 Å². The van der Waals surface area contributed by atoms with E-state index in [4.69, 9.17) is 38.4 Å². The van der Waals surface area contributed by atoms with Crippen molar-refractivity contribution in [1.29, 1.82) is 0 Å². The smallest absolute Gasteiger partial charge is 0.307 e. The van der Waals surface area contributed by atoms with Gasteiger partial charge in [-0.2, -0.15) is 0 Å². The van der Waals surface area contributed by atoms with Crippen molar-refractivity contribution in [2.24, 2.45) is 58.2 Å². The highest BCUT2D eigenvalue weighted by molar-refractivity contribution is 7.92.